The van der Waals surface area contributed by atoms with Crippen LogP contribution in [0.25, 0.3) is 0 Å². The number of carbonyl (C=O) groups is 6. The number of aryl methyl sites for hydroxylation is 1. The van der Waals surface area contributed by atoms with Crippen molar-refractivity contribution >= 4 is 98.1 Å². The minimum absolute atomic E-state index is 0.0182. The molecule has 0 N–H and O–H groups in total. The normalized spacial score (nSPS) is 16.8. The van der Waals surface area contributed by atoms with E-state index in [1.807, 2.05) is 0 Å². The first kappa shape index (κ1) is 43.5. The summed E-state index contributed by atoms with van der Waals surface area (Å²) in [5, 5.41) is 0. The van der Waals surface area contributed by atoms with Gasteiger partial charge >= 0.3 is 110 Å². The van der Waals surface area contributed by atoms with Crippen LogP contribution in [0.15, 0.2) is 0 Å². The number of carbonyl (C=O) groups excluding carboxylic acids is 6. The average molecular weight is 905 g/mol. The van der Waals surface area contributed by atoms with Crippen LogP contribution >= 0.6 is 53.0 Å². The molecule has 22 heteroatoms. The van der Waals surface area contributed by atoms with E-state index in [9.17, 15) is 28.8 Å². The quantitative estimate of drug-likeness (QED) is 0.130. The molecule has 1 aliphatic rings. The van der Waals surface area contributed by atoms with Gasteiger partial charge in [-0.3, -0.25) is 24.0 Å². The van der Waals surface area contributed by atoms with E-state index in [4.69, 9.17) is 81.4 Å². The Hall–Kier alpha value is -1.48. The molecule has 0 unspecified atom stereocenters. The second kappa shape index (κ2) is 17.4. The van der Waals surface area contributed by atoms with Crippen molar-refractivity contribution in [3.63, 3.8) is 0 Å². The third-order valence-electron chi connectivity index (χ3n) is 5.62. The van der Waals surface area contributed by atoms with Crippen LogP contribution in [-0.2, 0) is 65.4 Å². The first-order valence-corrected chi connectivity index (χ1v) is 33.3. The standard InChI is InChI=1S/C25H36N3O12.6ClH.Sb/c1-7-35-25(34)28-24(26-20-11-9-8-10-12-27(20)28)23(40-18(6)33)22(39-17(5)32)21(38-16(4)31)19(37-15(3)30)13-36-14(2)29;;;;;;;/h19,21-23H,7-13H2,1-6H3;6*1H;/q+1;;;;;;;+5/p-6/t19-,21-,22-,23+;;;;;;;/m1......./s1. The number of halogens is 6. The molecule has 0 saturated carbocycles. The zero-order valence-electron chi connectivity index (χ0n) is 26.2. The van der Waals surface area contributed by atoms with E-state index in [2.05, 4.69) is 4.98 Å². The van der Waals surface area contributed by atoms with E-state index >= 15 is 0 Å². The van der Waals surface area contributed by atoms with Crippen molar-refractivity contribution in [2.24, 2.45) is 0 Å². The van der Waals surface area contributed by atoms with Crippen molar-refractivity contribution in [1.82, 2.24) is 9.67 Å². The van der Waals surface area contributed by atoms with Gasteiger partial charge in [-0.1, -0.05) is 4.68 Å². The fourth-order valence-corrected chi connectivity index (χ4v) is 4.27. The number of aromatic nitrogens is 3. The number of esters is 5. The zero-order valence-corrected chi connectivity index (χ0v) is 33.3. The molecular formula is C25H36Cl6N3O12Sb. The fourth-order valence-electron chi connectivity index (χ4n) is 4.27. The topological polar surface area (TPSA) is 180 Å². The van der Waals surface area contributed by atoms with E-state index < -0.39 is 76.1 Å². The molecule has 0 bridgehead atoms. The molecule has 2 rings (SSSR count). The molecule has 4 atom stereocenters. The van der Waals surface area contributed by atoms with E-state index in [1.54, 1.807) is 11.6 Å². The number of hydrogen-bond donors (Lipinski definition) is 0. The molecule has 47 heavy (non-hydrogen) atoms. The van der Waals surface area contributed by atoms with E-state index in [0.29, 0.717) is 18.8 Å². The van der Waals surface area contributed by atoms with Gasteiger partial charge in [0.1, 0.15) is 13.2 Å². The summed E-state index contributed by atoms with van der Waals surface area (Å²) < 4.78 is 34.7. The first-order valence-electron chi connectivity index (χ1n) is 13.9. The molecule has 1 aliphatic heterocycles. The van der Waals surface area contributed by atoms with Gasteiger partial charge in [-0.25, -0.2) is 4.79 Å². The summed E-state index contributed by atoms with van der Waals surface area (Å²) in [4.78, 5) is 78.1. The predicted octanol–water partition coefficient (Wildman–Crippen LogP) is 4.62. The van der Waals surface area contributed by atoms with Crippen molar-refractivity contribution in [2.45, 2.75) is 98.2 Å². The van der Waals surface area contributed by atoms with Gasteiger partial charge in [0.05, 0.1) is 13.0 Å². The van der Waals surface area contributed by atoms with Gasteiger partial charge in [0.2, 0.25) is 6.10 Å². The van der Waals surface area contributed by atoms with Gasteiger partial charge in [0, 0.05) is 34.6 Å². The fraction of sp³-hybridized carbons (Fsp3) is 0.680. The van der Waals surface area contributed by atoms with Crippen LogP contribution in [0, 0.1) is 0 Å². The van der Waals surface area contributed by atoms with Gasteiger partial charge in [0.25, 0.3) is 0 Å². The first-order chi connectivity index (χ1) is 21.3. The molecular weight excluding hydrogens is 869 g/mol. The van der Waals surface area contributed by atoms with Crippen LogP contribution in [0.2, 0.25) is 0 Å². The summed E-state index contributed by atoms with van der Waals surface area (Å²) >= 11 is 0. The summed E-state index contributed by atoms with van der Waals surface area (Å²) in [6.45, 7) is 6.77. The Morgan fingerprint density at radius 3 is 1.72 bits per heavy atom. The van der Waals surface area contributed by atoms with Crippen molar-refractivity contribution in [3.8, 4) is 0 Å². The summed E-state index contributed by atoms with van der Waals surface area (Å²) in [5.41, 5.74) is 0. The SMILES string of the molecule is CCOC(=O)n1c([C@@H](OC(C)=O)[C@H](OC(C)=O)[C@H](OC(C)=O)[C@@H](COC(C)=O)OC(C)=O)nc2[n+]1CCCCC2.[Cl][Sb-]([Cl])([Cl])([Cl])([Cl])[Cl]. The number of hydrogen-bond acceptors (Lipinski definition) is 13. The Kier molecular flexibility index (Phi) is 16.2. The molecule has 0 aromatic carbocycles. The molecule has 15 nitrogen and oxygen atoms in total. The Morgan fingerprint density at radius 2 is 1.26 bits per heavy atom. The molecule has 0 amide bonds. The summed E-state index contributed by atoms with van der Waals surface area (Å²) in [7, 11) is 25.0. The maximum absolute atomic E-state index is 13.2. The van der Waals surface area contributed by atoms with E-state index in [-0.39, 0.29) is 12.4 Å². The molecule has 2 heterocycles. The van der Waals surface area contributed by atoms with Crippen molar-refractivity contribution in [1.29, 1.82) is 0 Å². The van der Waals surface area contributed by atoms with Crippen LogP contribution in [0.4, 0.5) is 4.79 Å². The van der Waals surface area contributed by atoms with Crippen molar-refractivity contribution < 1.29 is 61.9 Å². The van der Waals surface area contributed by atoms with Crippen molar-refractivity contribution in [3.05, 3.63) is 11.6 Å². The Labute approximate surface area is 290 Å². The third-order valence-corrected chi connectivity index (χ3v) is 5.62. The summed E-state index contributed by atoms with van der Waals surface area (Å²) in [5.74, 6) is -3.90. The number of rotatable bonds is 11. The molecule has 0 saturated heterocycles. The minimum atomic E-state index is -5.42. The van der Waals surface area contributed by atoms with Crippen LogP contribution in [0.3, 0.4) is 0 Å². The van der Waals surface area contributed by atoms with Gasteiger partial charge in [0.15, 0.2) is 18.3 Å². The van der Waals surface area contributed by atoms with E-state index in [0.717, 1.165) is 58.6 Å². The summed E-state index contributed by atoms with van der Waals surface area (Å²) in [6.07, 6.45) is -4.53. The van der Waals surface area contributed by atoms with Gasteiger partial charge in [-0.2, -0.15) is 0 Å². The van der Waals surface area contributed by atoms with Crippen LogP contribution < -0.4 is 4.68 Å². The Balaban J connectivity index is 0.00000141. The molecule has 0 radical (unpaired) electrons. The van der Waals surface area contributed by atoms with Gasteiger partial charge in [-0.15, -0.1) is 4.68 Å². The van der Waals surface area contributed by atoms with Crippen LogP contribution in [-0.4, -0.2) is 86.3 Å². The second-order valence-corrected chi connectivity index (χ2v) is 66.8. The number of nitrogens with zero attached hydrogens (tertiary/aromatic N) is 3. The van der Waals surface area contributed by atoms with E-state index in [1.165, 1.54) is 0 Å². The molecule has 1 aromatic heterocycles. The average Bonchev–Trinajstić information content (AvgIpc) is 3.07. The third kappa shape index (κ3) is 18.2. The number of ether oxygens (including phenoxy) is 6. The van der Waals surface area contributed by atoms with Crippen molar-refractivity contribution in [2.75, 3.05) is 13.2 Å². The molecule has 0 fully saturated rings. The zero-order chi connectivity index (χ0) is 36.4. The van der Waals surface area contributed by atoms with Gasteiger partial charge < -0.3 is 28.4 Å². The number of fused-ring (bicyclic) bond motifs is 1. The molecule has 1 aromatic rings. The van der Waals surface area contributed by atoms with Gasteiger partial charge in [-0.05, 0) is 31.2 Å². The molecule has 270 valence electrons. The van der Waals surface area contributed by atoms with Crippen LogP contribution in [0.1, 0.15) is 78.6 Å². The Morgan fingerprint density at radius 1 is 0.745 bits per heavy atom. The molecule has 0 aliphatic carbocycles. The maximum atomic E-state index is 13.2. The molecule has 0 spiro atoms. The predicted molar refractivity (Wildman–Crippen MR) is 171 cm³/mol. The Bertz CT molecular complexity index is 1330. The second-order valence-electron chi connectivity index (χ2n) is 9.92. The summed E-state index contributed by atoms with van der Waals surface area (Å²) in [6, 6.07) is 0. The van der Waals surface area contributed by atoms with Crippen LogP contribution in [0.5, 0.6) is 0 Å². The monoisotopic (exact) mass is 901 g/mol.